The van der Waals surface area contributed by atoms with Gasteiger partial charge in [-0.15, -0.1) is 11.3 Å². The van der Waals surface area contributed by atoms with E-state index in [4.69, 9.17) is 0 Å². The summed E-state index contributed by atoms with van der Waals surface area (Å²) in [6.07, 6.45) is 0. The quantitative estimate of drug-likeness (QED) is 0.169. The highest BCUT2D eigenvalue weighted by Gasteiger charge is 2.38. The molecule has 0 fully saturated rings. The van der Waals surface area contributed by atoms with Gasteiger partial charge in [0, 0.05) is 38.2 Å². The van der Waals surface area contributed by atoms with Crippen molar-refractivity contribution < 1.29 is 0 Å². The molecule has 1 aliphatic rings. The van der Waals surface area contributed by atoms with Crippen LogP contribution in [0, 0.1) is 0 Å². The average molecular weight is 675 g/mol. The van der Waals surface area contributed by atoms with Gasteiger partial charge in [0.15, 0.2) is 0 Å². The lowest BCUT2D eigenvalue weighted by molar-refractivity contribution is 1.19. The van der Waals surface area contributed by atoms with E-state index in [2.05, 4.69) is 192 Å². The zero-order chi connectivity index (χ0) is 33.4. The highest BCUT2D eigenvalue weighted by Crippen LogP contribution is 2.43. The van der Waals surface area contributed by atoms with Crippen molar-refractivity contribution in [3.8, 4) is 27.9 Å². The third-order valence-corrected chi connectivity index (χ3v) is 15.3. The van der Waals surface area contributed by atoms with E-state index >= 15 is 0 Å². The summed E-state index contributed by atoms with van der Waals surface area (Å²) in [4.78, 5) is 2.49. The molecule has 0 spiro atoms. The van der Waals surface area contributed by atoms with Crippen molar-refractivity contribution in [1.82, 2.24) is 4.57 Å². The Morgan fingerprint density at radius 1 is 0.460 bits per heavy atom. The van der Waals surface area contributed by atoms with Crippen LogP contribution in [0.3, 0.4) is 0 Å². The van der Waals surface area contributed by atoms with Gasteiger partial charge in [-0.05, 0) is 81.2 Å². The Morgan fingerprint density at radius 2 is 1.04 bits per heavy atom. The summed E-state index contributed by atoms with van der Waals surface area (Å²) in [6, 6.07) is 62.7. The first-order valence-corrected chi connectivity index (χ1v) is 21.1. The maximum absolute atomic E-state index is 2.49. The Morgan fingerprint density at radius 3 is 1.84 bits per heavy atom. The van der Waals surface area contributed by atoms with E-state index in [1.807, 2.05) is 11.3 Å². The lowest BCUT2D eigenvalue weighted by atomic mass is 10.0. The van der Waals surface area contributed by atoms with Crippen LogP contribution >= 0.6 is 11.3 Å². The number of nitrogens with zero attached hydrogens (tertiary/aromatic N) is 2. The number of aromatic nitrogens is 1. The van der Waals surface area contributed by atoms with Gasteiger partial charge in [-0.2, -0.15) is 0 Å². The van der Waals surface area contributed by atoms with E-state index in [9.17, 15) is 0 Å². The van der Waals surface area contributed by atoms with E-state index < -0.39 is 8.07 Å². The number of hydrogen-bond donors (Lipinski definition) is 0. The molecule has 9 aromatic rings. The van der Waals surface area contributed by atoms with Crippen molar-refractivity contribution in [3.63, 3.8) is 0 Å². The minimum atomic E-state index is -1.95. The van der Waals surface area contributed by atoms with Gasteiger partial charge in [-0.1, -0.05) is 134 Å². The monoisotopic (exact) mass is 674 g/mol. The Bertz CT molecular complexity index is 2710. The van der Waals surface area contributed by atoms with Crippen molar-refractivity contribution in [1.29, 1.82) is 0 Å². The smallest absolute Gasteiger partial charge is 0.117 e. The Kier molecular flexibility index (Phi) is 6.54. The molecule has 0 bridgehead atoms. The van der Waals surface area contributed by atoms with E-state index in [1.54, 1.807) is 0 Å². The van der Waals surface area contributed by atoms with Gasteiger partial charge in [0.25, 0.3) is 0 Å². The summed E-state index contributed by atoms with van der Waals surface area (Å²) < 4.78 is 5.13. The highest BCUT2D eigenvalue weighted by molar-refractivity contribution is 7.26. The fourth-order valence-electron chi connectivity index (χ4n) is 8.10. The Labute approximate surface area is 297 Å². The minimum Gasteiger partial charge on any atom is -0.311 e. The standard InChI is InChI=1S/C46H34N2SSi/c1-50(2)43-19-11-9-17-40(43)47(35-25-20-32(21-26-35)31-12-4-3-5-13-31)41-30-34(24-29-44(41)50)33-22-27-36(28-23-33)48-39-16-8-6-14-37(39)46-45(48)38-15-7-10-18-42(38)49-46/h3-30H,1-2H3. The number of benzene rings is 7. The van der Waals surface area contributed by atoms with Gasteiger partial charge in [0.05, 0.1) is 15.7 Å². The number of fused-ring (bicyclic) bond motifs is 7. The molecule has 4 heteroatoms. The summed E-state index contributed by atoms with van der Waals surface area (Å²) >= 11 is 1.89. The van der Waals surface area contributed by atoms with Crippen LogP contribution in [0.1, 0.15) is 0 Å². The van der Waals surface area contributed by atoms with Gasteiger partial charge in [0.1, 0.15) is 8.07 Å². The summed E-state index contributed by atoms with van der Waals surface area (Å²) in [6.45, 7) is 4.98. The molecular weight excluding hydrogens is 641 g/mol. The van der Waals surface area contributed by atoms with Crippen LogP contribution in [0.5, 0.6) is 0 Å². The van der Waals surface area contributed by atoms with Gasteiger partial charge in [0.2, 0.25) is 0 Å². The van der Waals surface area contributed by atoms with Crippen LogP contribution in [0.2, 0.25) is 13.1 Å². The first-order chi connectivity index (χ1) is 24.6. The molecule has 0 saturated heterocycles. The summed E-state index contributed by atoms with van der Waals surface area (Å²) in [5, 5.41) is 5.56. The van der Waals surface area contributed by atoms with Crippen LogP contribution in [-0.2, 0) is 0 Å². The molecule has 7 aromatic carbocycles. The second-order valence-corrected chi connectivity index (χ2v) is 19.2. The summed E-state index contributed by atoms with van der Waals surface area (Å²) in [7, 11) is -1.95. The van der Waals surface area contributed by atoms with Crippen molar-refractivity contribution in [2.24, 2.45) is 0 Å². The lowest BCUT2D eigenvalue weighted by Gasteiger charge is -2.41. The van der Waals surface area contributed by atoms with Crippen LogP contribution in [0.4, 0.5) is 17.1 Å². The molecule has 0 aliphatic carbocycles. The Balaban J connectivity index is 1.09. The van der Waals surface area contributed by atoms with Gasteiger partial charge in [-0.25, -0.2) is 0 Å². The lowest BCUT2D eigenvalue weighted by Crippen LogP contribution is -2.58. The SMILES string of the molecule is C[Si]1(C)c2ccccc2N(c2ccc(-c3ccccc3)cc2)c2cc(-c3ccc(-n4c5ccccc5c5sc6ccccc6c54)cc3)ccc21. The molecule has 0 atom stereocenters. The molecule has 0 unspecified atom stereocenters. The molecule has 238 valence electrons. The molecule has 2 nitrogen and oxygen atoms in total. The first kappa shape index (κ1) is 29.3. The van der Waals surface area contributed by atoms with Crippen molar-refractivity contribution in [2.45, 2.75) is 13.1 Å². The molecular formula is C46H34N2SSi. The fraction of sp³-hybridized carbons (Fsp3) is 0.0435. The van der Waals surface area contributed by atoms with E-state index in [0.717, 1.165) is 0 Å². The molecule has 3 heterocycles. The molecule has 50 heavy (non-hydrogen) atoms. The maximum atomic E-state index is 2.49. The van der Waals surface area contributed by atoms with Crippen molar-refractivity contribution >= 4 is 78.1 Å². The zero-order valence-corrected chi connectivity index (χ0v) is 29.8. The second kappa shape index (κ2) is 11.2. The van der Waals surface area contributed by atoms with Crippen LogP contribution < -0.4 is 15.3 Å². The summed E-state index contributed by atoms with van der Waals surface area (Å²) in [5.41, 5.74) is 12.4. The highest BCUT2D eigenvalue weighted by atomic mass is 32.1. The van der Waals surface area contributed by atoms with Gasteiger partial charge >= 0.3 is 0 Å². The average Bonchev–Trinajstić information content (AvgIpc) is 3.70. The molecule has 10 rings (SSSR count). The van der Waals surface area contributed by atoms with E-state index in [-0.39, 0.29) is 0 Å². The van der Waals surface area contributed by atoms with Gasteiger partial charge < -0.3 is 9.47 Å². The number of anilines is 3. The topological polar surface area (TPSA) is 8.17 Å². The Hall–Kier alpha value is -5.68. The third kappa shape index (κ3) is 4.39. The molecule has 0 radical (unpaired) electrons. The van der Waals surface area contributed by atoms with Crippen molar-refractivity contribution in [3.05, 3.63) is 170 Å². The van der Waals surface area contributed by atoms with Crippen molar-refractivity contribution in [2.75, 3.05) is 4.90 Å². The number of para-hydroxylation sites is 2. The number of rotatable bonds is 4. The first-order valence-electron chi connectivity index (χ1n) is 17.3. The predicted molar refractivity (Wildman–Crippen MR) is 218 cm³/mol. The minimum absolute atomic E-state index is 1.18. The predicted octanol–water partition coefficient (Wildman–Crippen LogP) is 11.9. The van der Waals surface area contributed by atoms with E-state index in [0.29, 0.717) is 0 Å². The van der Waals surface area contributed by atoms with Crippen LogP contribution in [-0.4, -0.2) is 12.6 Å². The van der Waals surface area contributed by atoms with Crippen LogP contribution in [0.15, 0.2) is 170 Å². The zero-order valence-electron chi connectivity index (χ0n) is 28.0. The number of thiophene rings is 1. The molecule has 0 N–H and O–H groups in total. The molecule has 0 saturated carbocycles. The van der Waals surface area contributed by atoms with Gasteiger partial charge in [-0.3, -0.25) is 0 Å². The molecule has 1 aliphatic heterocycles. The fourth-order valence-corrected chi connectivity index (χ4v) is 12.3. The van der Waals surface area contributed by atoms with E-state index in [1.165, 1.54) is 86.6 Å². The normalized spacial score (nSPS) is 13.5. The maximum Gasteiger partial charge on any atom is 0.117 e. The summed E-state index contributed by atoms with van der Waals surface area (Å²) in [5.74, 6) is 0. The van der Waals surface area contributed by atoms with Crippen LogP contribution in [0.25, 0.3) is 59.1 Å². The number of hydrogen-bond acceptors (Lipinski definition) is 2. The molecule has 0 amide bonds. The second-order valence-electron chi connectivity index (χ2n) is 13.8. The molecule has 2 aromatic heterocycles. The third-order valence-electron chi connectivity index (χ3n) is 10.6. The largest absolute Gasteiger partial charge is 0.311 e.